The quantitative estimate of drug-likeness (QED) is 0.436. The minimum atomic E-state index is -0.138. The van der Waals surface area contributed by atoms with Crippen molar-refractivity contribution in [3.8, 4) is 10.7 Å². The summed E-state index contributed by atoms with van der Waals surface area (Å²) in [6.07, 6.45) is 2.62. The third-order valence-corrected chi connectivity index (χ3v) is 6.58. The van der Waals surface area contributed by atoms with Crippen LogP contribution in [0, 0.1) is 6.92 Å². The van der Waals surface area contributed by atoms with E-state index in [-0.39, 0.29) is 12.3 Å². The van der Waals surface area contributed by atoms with Gasteiger partial charge in [0.15, 0.2) is 5.13 Å². The van der Waals surface area contributed by atoms with Crippen LogP contribution in [-0.4, -0.2) is 20.9 Å². The summed E-state index contributed by atoms with van der Waals surface area (Å²) in [7, 11) is 0. The van der Waals surface area contributed by atoms with Gasteiger partial charge in [-0.3, -0.25) is 9.78 Å². The molecule has 0 saturated carbocycles. The number of hydrogen-bond acceptors (Lipinski definition) is 6. The molecule has 0 atom stereocenters. The highest BCUT2D eigenvalue weighted by Gasteiger charge is 2.14. The molecular weight excluding hydrogens is 424 g/mol. The van der Waals surface area contributed by atoms with Gasteiger partial charge in [0.25, 0.3) is 0 Å². The predicted octanol–water partition coefficient (Wildman–Crippen LogP) is 5.40. The molecule has 1 aromatic carbocycles. The van der Waals surface area contributed by atoms with E-state index in [0.29, 0.717) is 11.6 Å². The van der Waals surface area contributed by atoms with Gasteiger partial charge >= 0.3 is 0 Å². The van der Waals surface area contributed by atoms with E-state index in [1.54, 1.807) is 6.20 Å². The first-order chi connectivity index (χ1) is 14.1. The van der Waals surface area contributed by atoms with Crippen LogP contribution in [-0.2, 0) is 17.6 Å². The van der Waals surface area contributed by atoms with E-state index in [1.807, 2.05) is 54.8 Å². The summed E-state index contributed by atoms with van der Waals surface area (Å²) in [5.74, 6) is -0.138. The molecule has 5 nitrogen and oxygen atoms in total. The van der Waals surface area contributed by atoms with E-state index < -0.39 is 0 Å². The van der Waals surface area contributed by atoms with Crippen molar-refractivity contribution in [3.63, 3.8) is 0 Å². The molecule has 1 amide bonds. The zero-order valence-corrected chi connectivity index (χ0v) is 17.9. The smallest absolute Gasteiger partial charge is 0.232 e. The van der Waals surface area contributed by atoms with Gasteiger partial charge in [-0.1, -0.05) is 35.9 Å². The fourth-order valence-electron chi connectivity index (χ4n) is 2.78. The molecule has 0 bridgehead atoms. The first kappa shape index (κ1) is 19.7. The molecule has 146 valence electrons. The third kappa shape index (κ3) is 4.87. The molecule has 4 aromatic rings. The summed E-state index contributed by atoms with van der Waals surface area (Å²) in [4.78, 5) is 26.8. The average molecular weight is 441 g/mol. The van der Waals surface area contributed by atoms with Crippen LogP contribution in [0.1, 0.15) is 21.8 Å². The maximum Gasteiger partial charge on any atom is 0.232 e. The molecule has 0 spiro atoms. The molecule has 0 unspecified atom stereocenters. The minimum Gasteiger partial charge on any atom is -0.302 e. The second kappa shape index (κ2) is 8.82. The Labute approximate surface area is 181 Å². The molecule has 0 saturated heterocycles. The predicted molar refractivity (Wildman–Crippen MR) is 119 cm³/mol. The van der Waals surface area contributed by atoms with Crippen LogP contribution in [0.25, 0.3) is 10.7 Å². The lowest BCUT2D eigenvalue weighted by Crippen LogP contribution is -2.14. The molecule has 29 heavy (non-hydrogen) atoms. The third-order valence-electron chi connectivity index (χ3n) is 4.23. The standard InChI is InChI=1S/C21H17ClN4OS2/c1-13-18(10-14-6-2-3-7-16(14)22)29-21(24-13)26-19(27)11-15-12-28-20(25-15)17-8-4-5-9-23-17/h2-9,12H,10-11H2,1H3,(H,24,26,27). The van der Waals surface area contributed by atoms with Gasteiger partial charge in [-0.15, -0.1) is 22.7 Å². The van der Waals surface area contributed by atoms with Gasteiger partial charge < -0.3 is 5.32 Å². The Bertz CT molecular complexity index is 1140. The number of hydrogen-bond donors (Lipinski definition) is 1. The normalized spacial score (nSPS) is 10.8. The van der Waals surface area contributed by atoms with Crippen molar-refractivity contribution in [2.45, 2.75) is 19.8 Å². The Hall–Kier alpha value is -2.61. The van der Waals surface area contributed by atoms with E-state index >= 15 is 0 Å². The Morgan fingerprint density at radius 2 is 1.97 bits per heavy atom. The summed E-state index contributed by atoms with van der Waals surface area (Å²) in [6, 6.07) is 13.4. The van der Waals surface area contributed by atoms with Crippen LogP contribution in [0.5, 0.6) is 0 Å². The largest absolute Gasteiger partial charge is 0.302 e. The molecule has 0 aliphatic carbocycles. The van der Waals surface area contributed by atoms with E-state index in [4.69, 9.17) is 11.6 Å². The number of aromatic nitrogens is 3. The SMILES string of the molecule is Cc1nc(NC(=O)Cc2csc(-c3ccccn3)n2)sc1Cc1ccccc1Cl. The number of pyridine rings is 1. The Morgan fingerprint density at radius 3 is 2.76 bits per heavy atom. The molecule has 0 fully saturated rings. The molecule has 8 heteroatoms. The molecular formula is C21H17ClN4OS2. The molecule has 1 N–H and O–H groups in total. The second-order valence-corrected chi connectivity index (χ2v) is 8.73. The lowest BCUT2D eigenvalue weighted by Gasteiger charge is -2.02. The summed E-state index contributed by atoms with van der Waals surface area (Å²) in [5, 5.41) is 6.91. The lowest BCUT2D eigenvalue weighted by atomic mass is 10.1. The van der Waals surface area contributed by atoms with E-state index in [0.717, 1.165) is 37.6 Å². The van der Waals surface area contributed by atoms with Crippen molar-refractivity contribution in [2.24, 2.45) is 0 Å². The number of aryl methyl sites for hydroxylation is 1. The highest BCUT2D eigenvalue weighted by molar-refractivity contribution is 7.16. The maximum absolute atomic E-state index is 12.4. The van der Waals surface area contributed by atoms with Gasteiger partial charge in [0, 0.05) is 27.9 Å². The Kier molecular flexibility index (Phi) is 5.99. The lowest BCUT2D eigenvalue weighted by molar-refractivity contribution is -0.115. The number of carbonyl (C=O) groups excluding carboxylic acids is 1. The fraction of sp³-hybridized carbons (Fsp3) is 0.143. The zero-order valence-electron chi connectivity index (χ0n) is 15.6. The van der Waals surface area contributed by atoms with E-state index in [9.17, 15) is 4.79 Å². The number of benzene rings is 1. The van der Waals surface area contributed by atoms with Crippen LogP contribution in [0.4, 0.5) is 5.13 Å². The van der Waals surface area contributed by atoms with Crippen molar-refractivity contribution in [2.75, 3.05) is 5.32 Å². The first-order valence-corrected chi connectivity index (χ1v) is 11.0. The summed E-state index contributed by atoms with van der Waals surface area (Å²) in [5.41, 5.74) is 3.47. The Morgan fingerprint density at radius 1 is 1.14 bits per heavy atom. The number of anilines is 1. The maximum atomic E-state index is 12.4. The topological polar surface area (TPSA) is 67.8 Å². The highest BCUT2D eigenvalue weighted by Crippen LogP contribution is 2.28. The van der Waals surface area contributed by atoms with Crippen LogP contribution in [0.2, 0.25) is 5.02 Å². The second-order valence-electron chi connectivity index (χ2n) is 6.38. The molecule has 3 heterocycles. The number of thiazole rings is 2. The molecule has 3 aromatic heterocycles. The zero-order chi connectivity index (χ0) is 20.2. The number of halogens is 1. The van der Waals surface area contributed by atoms with Gasteiger partial charge in [0.05, 0.1) is 23.5 Å². The average Bonchev–Trinajstić information content (AvgIpc) is 3.31. The number of carbonyl (C=O) groups is 1. The molecule has 0 aliphatic rings. The molecule has 0 radical (unpaired) electrons. The minimum absolute atomic E-state index is 0.138. The van der Waals surface area contributed by atoms with Crippen LogP contribution < -0.4 is 5.32 Å². The van der Waals surface area contributed by atoms with Crippen molar-refractivity contribution in [1.82, 2.24) is 15.0 Å². The summed E-state index contributed by atoms with van der Waals surface area (Å²) < 4.78 is 0. The molecule has 4 rings (SSSR count). The van der Waals surface area contributed by atoms with Crippen molar-refractivity contribution < 1.29 is 4.79 Å². The van der Waals surface area contributed by atoms with Crippen LogP contribution in [0.3, 0.4) is 0 Å². The van der Waals surface area contributed by atoms with Crippen molar-refractivity contribution in [3.05, 3.63) is 80.9 Å². The van der Waals surface area contributed by atoms with Crippen molar-refractivity contribution in [1.29, 1.82) is 0 Å². The first-order valence-electron chi connectivity index (χ1n) is 8.94. The number of rotatable bonds is 6. The number of nitrogens with one attached hydrogen (secondary N) is 1. The van der Waals surface area contributed by atoms with Gasteiger partial charge in [0.2, 0.25) is 5.91 Å². The van der Waals surface area contributed by atoms with Gasteiger partial charge in [-0.2, -0.15) is 0 Å². The van der Waals surface area contributed by atoms with Crippen molar-refractivity contribution >= 4 is 45.3 Å². The van der Waals surface area contributed by atoms with Gasteiger partial charge in [0.1, 0.15) is 5.01 Å². The summed E-state index contributed by atoms with van der Waals surface area (Å²) in [6.45, 7) is 1.94. The van der Waals surface area contributed by atoms with Crippen LogP contribution in [0.15, 0.2) is 54.0 Å². The van der Waals surface area contributed by atoms with Gasteiger partial charge in [-0.05, 0) is 30.7 Å². The van der Waals surface area contributed by atoms with Gasteiger partial charge in [-0.25, -0.2) is 9.97 Å². The fourth-order valence-corrected chi connectivity index (χ4v) is 4.78. The van der Waals surface area contributed by atoms with E-state index in [2.05, 4.69) is 20.3 Å². The number of amides is 1. The Balaban J connectivity index is 1.40. The number of nitrogens with zero attached hydrogens (tertiary/aromatic N) is 3. The monoisotopic (exact) mass is 440 g/mol. The van der Waals surface area contributed by atoms with E-state index in [1.165, 1.54) is 22.7 Å². The molecule has 0 aliphatic heterocycles. The van der Waals surface area contributed by atoms with Crippen LogP contribution >= 0.6 is 34.3 Å². The highest BCUT2D eigenvalue weighted by atomic mass is 35.5. The summed E-state index contributed by atoms with van der Waals surface area (Å²) >= 11 is 9.21.